The minimum atomic E-state index is -0.138. The molecule has 64 valence electrons. The van der Waals surface area contributed by atoms with Crippen LogP contribution in [0.1, 0.15) is 19.0 Å². The van der Waals surface area contributed by atoms with E-state index in [0.717, 1.165) is 16.6 Å². The predicted molar refractivity (Wildman–Crippen MR) is 51.6 cm³/mol. The highest BCUT2D eigenvalue weighted by atomic mass is 79.9. The second kappa shape index (κ2) is 2.54. The molecular formula is C9H11BrN2. The molecule has 2 rings (SSSR count). The van der Waals surface area contributed by atoms with Crippen molar-refractivity contribution in [3.63, 3.8) is 0 Å². The number of hydrogen-bond acceptors (Lipinski definition) is 2. The van der Waals surface area contributed by atoms with Crippen molar-refractivity contribution >= 4 is 15.9 Å². The maximum Gasteiger partial charge on any atom is 0.0613 e. The molecule has 0 aromatic carbocycles. The fraction of sp³-hybridized carbons (Fsp3) is 0.444. The van der Waals surface area contributed by atoms with Crippen molar-refractivity contribution in [1.82, 2.24) is 4.98 Å². The van der Waals surface area contributed by atoms with Gasteiger partial charge in [0.1, 0.15) is 0 Å². The lowest BCUT2D eigenvalue weighted by Gasteiger charge is -2.08. The Bertz CT molecular complexity index is 296. The van der Waals surface area contributed by atoms with E-state index >= 15 is 0 Å². The molecule has 2 unspecified atom stereocenters. The lowest BCUT2D eigenvalue weighted by atomic mass is 10.1. The van der Waals surface area contributed by atoms with Crippen molar-refractivity contribution in [2.75, 3.05) is 0 Å². The third-order valence-corrected chi connectivity index (χ3v) is 3.04. The van der Waals surface area contributed by atoms with Crippen LogP contribution in [0.2, 0.25) is 0 Å². The van der Waals surface area contributed by atoms with Crippen molar-refractivity contribution in [1.29, 1.82) is 0 Å². The van der Waals surface area contributed by atoms with Crippen molar-refractivity contribution in [2.24, 2.45) is 11.7 Å². The number of halogens is 1. The van der Waals surface area contributed by atoms with E-state index in [0.29, 0.717) is 5.92 Å². The van der Waals surface area contributed by atoms with Gasteiger partial charge in [0.2, 0.25) is 0 Å². The van der Waals surface area contributed by atoms with E-state index < -0.39 is 0 Å². The molecular weight excluding hydrogens is 216 g/mol. The molecule has 1 aromatic heterocycles. The number of aromatic nitrogens is 1. The van der Waals surface area contributed by atoms with Gasteiger partial charge in [0, 0.05) is 10.7 Å². The van der Waals surface area contributed by atoms with E-state index in [2.05, 4.69) is 27.8 Å². The summed E-state index contributed by atoms with van der Waals surface area (Å²) >= 11 is 3.34. The van der Waals surface area contributed by atoms with E-state index in [4.69, 9.17) is 5.73 Å². The molecule has 0 spiro atoms. The molecule has 1 aromatic rings. The first kappa shape index (κ1) is 8.20. The highest BCUT2D eigenvalue weighted by Crippen LogP contribution is 2.48. The second-order valence-electron chi connectivity index (χ2n) is 3.51. The molecule has 2 nitrogen and oxygen atoms in total. The third-order valence-electron chi connectivity index (χ3n) is 2.57. The maximum atomic E-state index is 6.08. The van der Waals surface area contributed by atoms with Gasteiger partial charge >= 0.3 is 0 Å². The molecule has 1 aliphatic rings. The molecule has 0 bridgehead atoms. The minimum absolute atomic E-state index is 0.138. The Morgan fingerprint density at radius 1 is 1.67 bits per heavy atom. The van der Waals surface area contributed by atoms with Gasteiger partial charge in [-0.2, -0.15) is 0 Å². The van der Waals surface area contributed by atoms with E-state index in [-0.39, 0.29) is 5.54 Å². The quantitative estimate of drug-likeness (QED) is 0.797. The Morgan fingerprint density at radius 2 is 2.33 bits per heavy atom. The zero-order valence-electron chi connectivity index (χ0n) is 6.92. The molecule has 1 fully saturated rings. The monoisotopic (exact) mass is 226 g/mol. The molecule has 0 saturated heterocycles. The Labute approximate surface area is 80.3 Å². The van der Waals surface area contributed by atoms with E-state index in [9.17, 15) is 0 Å². The van der Waals surface area contributed by atoms with Crippen molar-refractivity contribution in [2.45, 2.75) is 18.9 Å². The van der Waals surface area contributed by atoms with Gasteiger partial charge in [0.15, 0.2) is 0 Å². The van der Waals surface area contributed by atoms with Gasteiger partial charge in [-0.3, -0.25) is 4.98 Å². The number of rotatable bonds is 1. The smallest absolute Gasteiger partial charge is 0.0613 e. The second-order valence-corrected chi connectivity index (χ2v) is 4.42. The fourth-order valence-electron chi connectivity index (χ4n) is 1.46. The van der Waals surface area contributed by atoms with E-state index in [1.807, 2.05) is 12.1 Å². The van der Waals surface area contributed by atoms with Gasteiger partial charge < -0.3 is 5.73 Å². The first-order valence-electron chi connectivity index (χ1n) is 4.04. The van der Waals surface area contributed by atoms with Crippen LogP contribution in [-0.2, 0) is 5.54 Å². The summed E-state index contributed by atoms with van der Waals surface area (Å²) in [6, 6.07) is 3.98. The van der Waals surface area contributed by atoms with Gasteiger partial charge in [0.25, 0.3) is 0 Å². The normalized spacial score (nSPS) is 33.4. The first-order valence-corrected chi connectivity index (χ1v) is 4.83. The molecule has 3 heteroatoms. The minimum Gasteiger partial charge on any atom is -0.320 e. The summed E-state index contributed by atoms with van der Waals surface area (Å²) in [6.45, 7) is 2.16. The highest BCUT2D eigenvalue weighted by Gasteiger charge is 2.50. The zero-order valence-corrected chi connectivity index (χ0v) is 8.51. The average Bonchev–Trinajstić information content (AvgIpc) is 2.62. The lowest BCUT2D eigenvalue weighted by molar-refractivity contribution is 0.641. The molecule has 1 aliphatic carbocycles. The average molecular weight is 227 g/mol. The summed E-state index contributed by atoms with van der Waals surface area (Å²) in [5, 5.41) is 0. The van der Waals surface area contributed by atoms with Crippen molar-refractivity contribution < 1.29 is 0 Å². The molecule has 0 aliphatic heterocycles. The lowest BCUT2D eigenvalue weighted by Crippen LogP contribution is -2.22. The molecule has 2 atom stereocenters. The number of pyridine rings is 1. The first-order chi connectivity index (χ1) is 5.63. The van der Waals surface area contributed by atoms with E-state index in [1.165, 1.54) is 0 Å². The Balaban J connectivity index is 2.31. The summed E-state index contributed by atoms with van der Waals surface area (Å²) in [6.07, 6.45) is 2.86. The largest absolute Gasteiger partial charge is 0.320 e. The Kier molecular flexibility index (Phi) is 1.73. The van der Waals surface area contributed by atoms with Crippen molar-refractivity contribution in [3.8, 4) is 0 Å². The summed E-state index contributed by atoms with van der Waals surface area (Å²) in [5.41, 5.74) is 6.96. The van der Waals surface area contributed by atoms with Gasteiger partial charge in [0.05, 0.1) is 11.2 Å². The molecule has 0 radical (unpaired) electrons. The SMILES string of the molecule is CC1CC1(N)c1ccc(Br)cn1. The Hall–Kier alpha value is -0.410. The van der Waals surface area contributed by atoms with Crippen LogP contribution >= 0.6 is 15.9 Å². The molecule has 1 heterocycles. The molecule has 0 amide bonds. The number of nitrogens with two attached hydrogens (primary N) is 1. The van der Waals surface area contributed by atoms with Crippen LogP contribution in [0.25, 0.3) is 0 Å². The molecule has 12 heavy (non-hydrogen) atoms. The number of nitrogens with zero attached hydrogens (tertiary/aromatic N) is 1. The molecule has 1 saturated carbocycles. The maximum absolute atomic E-state index is 6.08. The number of hydrogen-bond donors (Lipinski definition) is 1. The van der Waals surface area contributed by atoms with Crippen LogP contribution in [0.4, 0.5) is 0 Å². The Morgan fingerprint density at radius 3 is 2.75 bits per heavy atom. The van der Waals surface area contributed by atoms with Gasteiger partial charge in [-0.1, -0.05) is 6.92 Å². The van der Waals surface area contributed by atoms with Crippen LogP contribution in [-0.4, -0.2) is 4.98 Å². The van der Waals surface area contributed by atoms with Crippen LogP contribution < -0.4 is 5.73 Å². The van der Waals surface area contributed by atoms with Crippen LogP contribution in [0.5, 0.6) is 0 Å². The summed E-state index contributed by atoms with van der Waals surface area (Å²) in [4.78, 5) is 4.29. The van der Waals surface area contributed by atoms with E-state index in [1.54, 1.807) is 6.20 Å². The van der Waals surface area contributed by atoms with Crippen LogP contribution in [0, 0.1) is 5.92 Å². The van der Waals surface area contributed by atoms with Crippen LogP contribution in [0.3, 0.4) is 0 Å². The third kappa shape index (κ3) is 1.17. The molecule has 2 N–H and O–H groups in total. The van der Waals surface area contributed by atoms with Crippen LogP contribution in [0.15, 0.2) is 22.8 Å². The zero-order chi connectivity index (χ0) is 8.77. The summed E-state index contributed by atoms with van der Waals surface area (Å²) < 4.78 is 1.00. The predicted octanol–water partition coefficient (Wildman–Crippen LogP) is 2.04. The summed E-state index contributed by atoms with van der Waals surface area (Å²) in [7, 11) is 0. The van der Waals surface area contributed by atoms with Gasteiger partial charge in [-0.25, -0.2) is 0 Å². The summed E-state index contributed by atoms with van der Waals surface area (Å²) in [5.74, 6) is 0.575. The van der Waals surface area contributed by atoms with Gasteiger partial charge in [-0.15, -0.1) is 0 Å². The van der Waals surface area contributed by atoms with Crippen molar-refractivity contribution in [3.05, 3.63) is 28.5 Å². The standard InChI is InChI=1S/C9H11BrN2/c1-6-4-9(6,11)8-3-2-7(10)5-12-8/h2-3,5-6H,4,11H2,1H3. The fourth-order valence-corrected chi connectivity index (χ4v) is 1.69. The topological polar surface area (TPSA) is 38.9 Å². The highest BCUT2D eigenvalue weighted by molar-refractivity contribution is 9.10. The van der Waals surface area contributed by atoms with Gasteiger partial charge in [-0.05, 0) is 40.4 Å².